The van der Waals surface area contributed by atoms with Gasteiger partial charge < -0.3 is 4.74 Å². The van der Waals surface area contributed by atoms with E-state index in [1.54, 1.807) is 24.3 Å². The normalized spacial score (nSPS) is 14.5. The second-order valence-corrected chi connectivity index (χ2v) is 6.87. The van der Waals surface area contributed by atoms with Crippen molar-refractivity contribution in [3.8, 4) is 5.75 Å². The van der Waals surface area contributed by atoms with Crippen molar-refractivity contribution in [3.05, 3.63) is 64.1 Å². The number of nitrogens with one attached hydrogen (secondary N) is 2. The van der Waals surface area contributed by atoms with Crippen molar-refractivity contribution in [1.82, 2.24) is 10.9 Å². The second kappa shape index (κ2) is 7.27. The van der Waals surface area contributed by atoms with Crippen LogP contribution in [0.25, 0.3) is 0 Å². The largest absolute Gasteiger partial charge is 0.494 e. The van der Waals surface area contributed by atoms with E-state index in [0.717, 1.165) is 22.9 Å². The molecule has 2 N–H and O–H groups in total. The van der Waals surface area contributed by atoms with Gasteiger partial charge in [-0.3, -0.25) is 20.4 Å². The van der Waals surface area contributed by atoms with Crippen molar-refractivity contribution >= 4 is 27.7 Å². The van der Waals surface area contributed by atoms with Crippen LogP contribution in [0, 0.1) is 0 Å². The van der Waals surface area contributed by atoms with Crippen LogP contribution < -0.4 is 15.6 Å². The van der Waals surface area contributed by atoms with Gasteiger partial charge in [0.15, 0.2) is 0 Å². The molecular weight excluding hydrogens is 384 g/mol. The van der Waals surface area contributed by atoms with Crippen molar-refractivity contribution < 1.29 is 14.3 Å². The summed E-state index contributed by atoms with van der Waals surface area (Å²) in [5.41, 5.74) is 5.93. The Morgan fingerprint density at radius 3 is 2.24 bits per heavy atom. The molecule has 1 aliphatic carbocycles. The van der Waals surface area contributed by atoms with Crippen LogP contribution in [0.3, 0.4) is 0 Å². The van der Waals surface area contributed by atoms with Crippen molar-refractivity contribution in [2.45, 2.75) is 25.2 Å². The zero-order valence-electron chi connectivity index (χ0n) is 13.8. The van der Waals surface area contributed by atoms with Gasteiger partial charge in [-0.1, -0.05) is 28.1 Å². The SMILES string of the molecule is CCOc1ccc(C(=O)NNC(=O)C2(c3ccc(Br)cc3)CC2)cc1. The molecule has 3 rings (SSSR count). The van der Waals surface area contributed by atoms with Gasteiger partial charge in [0, 0.05) is 10.0 Å². The molecule has 1 fully saturated rings. The molecule has 0 radical (unpaired) electrons. The van der Waals surface area contributed by atoms with Crippen LogP contribution >= 0.6 is 15.9 Å². The lowest BCUT2D eigenvalue weighted by molar-refractivity contribution is -0.124. The van der Waals surface area contributed by atoms with Crippen LogP contribution in [0.15, 0.2) is 53.0 Å². The highest BCUT2D eigenvalue weighted by Crippen LogP contribution is 2.48. The molecule has 1 aliphatic rings. The zero-order valence-corrected chi connectivity index (χ0v) is 15.4. The predicted molar refractivity (Wildman–Crippen MR) is 98.3 cm³/mol. The van der Waals surface area contributed by atoms with E-state index in [1.807, 2.05) is 31.2 Å². The Kier molecular flexibility index (Phi) is 5.08. The maximum absolute atomic E-state index is 12.5. The summed E-state index contributed by atoms with van der Waals surface area (Å²) in [6.45, 7) is 2.47. The number of amides is 2. The van der Waals surface area contributed by atoms with Crippen LogP contribution in [-0.2, 0) is 10.2 Å². The molecule has 6 heteroatoms. The summed E-state index contributed by atoms with van der Waals surface area (Å²) in [4.78, 5) is 24.7. The molecule has 0 bridgehead atoms. The molecule has 130 valence electrons. The molecule has 0 aromatic heterocycles. The van der Waals surface area contributed by atoms with Crippen molar-refractivity contribution in [2.75, 3.05) is 6.61 Å². The van der Waals surface area contributed by atoms with Crippen LogP contribution in [-0.4, -0.2) is 18.4 Å². The maximum Gasteiger partial charge on any atom is 0.269 e. The molecule has 25 heavy (non-hydrogen) atoms. The standard InChI is InChI=1S/C19H19BrN2O3/c1-2-25-16-9-3-13(4-10-16)17(23)21-22-18(24)19(11-12-19)14-5-7-15(20)8-6-14/h3-10H,2,11-12H2,1H3,(H,21,23)(H,22,24). The first-order chi connectivity index (χ1) is 12.0. The van der Waals surface area contributed by atoms with Crippen LogP contribution in [0.5, 0.6) is 5.75 Å². The van der Waals surface area contributed by atoms with Gasteiger partial charge in [-0.05, 0) is 61.7 Å². The molecule has 0 heterocycles. The number of hydrazine groups is 1. The fraction of sp³-hybridized carbons (Fsp3) is 0.263. The smallest absolute Gasteiger partial charge is 0.269 e. The number of benzene rings is 2. The van der Waals surface area contributed by atoms with E-state index in [1.165, 1.54) is 0 Å². The molecule has 0 atom stereocenters. The Hall–Kier alpha value is -2.34. The first-order valence-electron chi connectivity index (χ1n) is 8.15. The Bertz CT molecular complexity index is 768. The van der Waals surface area contributed by atoms with Crippen molar-refractivity contribution in [3.63, 3.8) is 0 Å². The maximum atomic E-state index is 12.5. The van der Waals surface area contributed by atoms with Gasteiger partial charge in [-0.25, -0.2) is 0 Å². The van der Waals surface area contributed by atoms with Gasteiger partial charge >= 0.3 is 0 Å². The Labute approximate surface area is 154 Å². The van der Waals surface area contributed by atoms with Gasteiger partial charge in [0.05, 0.1) is 12.0 Å². The van der Waals surface area contributed by atoms with Gasteiger partial charge in [0.1, 0.15) is 5.75 Å². The number of hydrogen-bond donors (Lipinski definition) is 2. The number of carbonyl (C=O) groups is 2. The summed E-state index contributed by atoms with van der Waals surface area (Å²) in [5.74, 6) is 0.160. The molecule has 0 unspecified atom stereocenters. The third-order valence-corrected chi connectivity index (χ3v) is 4.83. The number of ether oxygens (including phenoxy) is 1. The van der Waals surface area contributed by atoms with E-state index in [2.05, 4.69) is 26.8 Å². The summed E-state index contributed by atoms with van der Waals surface area (Å²) in [6, 6.07) is 14.5. The molecule has 2 aromatic carbocycles. The summed E-state index contributed by atoms with van der Waals surface area (Å²) in [5, 5.41) is 0. The molecule has 2 amide bonds. The number of rotatable bonds is 5. The van der Waals surface area contributed by atoms with Crippen LogP contribution in [0.4, 0.5) is 0 Å². The fourth-order valence-corrected chi connectivity index (χ4v) is 2.98. The van der Waals surface area contributed by atoms with Gasteiger partial charge in [-0.15, -0.1) is 0 Å². The Morgan fingerprint density at radius 1 is 1.04 bits per heavy atom. The highest BCUT2D eigenvalue weighted by molar-refractivity contribution is 9.10. The predicted octanol–water partition coefficient (Wildman–Crippen LogP) is 3.34. The fourth-order valence-electron chi connectivity index (χ4n) is 2.72. The van der Waals surface area contributed by atoms with Crippen molar-refractivity contribution in [1.29, 1.82) is 0 Å². The van der Waals surface area contributed by atoms with Crippen LogP contribution in [0.2, 0.25) is 0 Å². The third kappa shape index (κ3) is 3.85. The van der Waals surface area contributed by atoms with E-state index >= 15 is 0 Å². The van der Waals surface area contributed by atoms with Gasteiger partial charge in [0.2, 0.25) is 5.91 Å². The van der Waals surface area contributed by atoms with Crippen LogP contribution in [0.1, 0.15) is 35.7 Å². The topological polar surface area (TPSA) is 67.4 Å². The lowest BCUT2D eigenvalue weighted by Crippen LogP contribution is -2.46. The number of carbonyl (C=O) groups excluding carboxylic acids is 2. The van der Waals surface area contributed by atoms with E-state index < -0.39 is 5.41 Å². The number of hydrogen-bond acceptors (Lipinski definition) is 3. The average molecular weight is 403 g/mol. The van der Waals surface area contributed by atoms with E-state index in [9.17, 15) is 9.59 Å². The van der Waals surface area contributed by atoms with Gasteiger partial charge in [0.25, 0.3) is 5.91 Å². The van der Waals surface area contributed by atoms with Crippen molar-refractivity contribution in [2.24, 2.45) is 0 Å². The molecule has 2 aromatic rings. The molecule has 1 saturated carbocycles. The summed E-state index contributed by atoms with van der Waals surface area (Å²) in [6.07, 6.45) is 1.55. The first-order valence-corrected chi connectivity index (χ1v) is 8.94. The highest BCUT2D eigenvalue weighted by Gasteiger charge is 2.51. The average Bonchev–Trinajstić information content (AvgIpc) is 3.43. The Morgan fingerprint density at radius 2 is 1.68 bits per heavy atom. The molecule has 0 aliphatic heterocycles. The lowest BCUT2D eigenvalue weighted by atomic mass is 9.95. The summed E-state index contributed by atoms with van der Waals surface area (Å²) < 4.78 is 6.31. The highest BCUT2D eigenvalue weighted by atomic mass is 79.9. The lowest BCUT2D eigenvalue weighted by Gasteiger charge is -2.16. The quantitative estimate of drug-likeness (QED) is 0.753. The third-order valence-electron chi connectivity index (χ3n) is 4.30. The zero-order chi connectivity index (χ0) is 17.9. The minimum Gasteiger partial charge on any atom is -0.494 e. The van der Waals surface area contributed by atoms with E-state index in [4.69, 9.17) is 4.74 Å². The monoisotopic (exact) mass is 402 g/mol. The van der Waals surface area contributed by atoms with E-state index in [0.29, 0.717) is 17.9 Å². The summed E-state index contributed by atoms with van der Waals surface area (Å²) >= 11 is 3.39. The number of halogens is 1. The first kappa shape index (κ1) is 17.5. The second-order valence-electron chi connectivity index (χ2n) is 5.95. The molecular formula is C19H19BrN2O3. The molecule has 5 nitrogen and oxygen atoms in total. The molecule has 0 spiro atoms. The summed E-state index contributed by atoms with van der Waals surface area (Å²) in [7, 11) is 0. The minimum absolute atomic E-state index is 0.186. The van der Waals surface area contributed by atoms with Gasteiger partial charge in [-0.2, -0.15) is 0 Å². The van der Waals surface area contributed by atoms with E-state index in [-0.39, 0.29) is 11.8 Å². The molecule has 0 saturated heterocycles. The Balaban J connectivity index is 1.60. The minimum atomic E-state index is -0.535.